The summed E-state index contributed by atoms with van der Waals surface area (Å²) in [5.41, 5.74) is 4.85. The molecule has 0 saturated carbocycles. The molecule has 5 heteroatoms. The Morgan fingerprint density at radius 3 is 2.23 bits per heavy atom. The predicted octanol–water partition coefficient (Wildman–Crippen LogP) is 3.31. The van der Waals surface area contributed by atoms with Crippen LogP contribution in [0.25, 0.3) is 11.1 Å². The molecule has 3 rings (SSSR count). The van der Waals surface area contributed by atoms with Crippen LogP contribution >= 0.6 is 0 Å². The molecule has 1 amide bonds. The van der Waals surface area contributed by atoms with Gasteiger partial charge in [0.1, 0.15) is 6.61 Å². The molecule has 0 radical (unpaired) electrons. The topological polar surface area (TPSA) is 67.8 Å². The van der Waals surface area contributed by atoms with E-state index in [0.717, 1.165) is 6.42 Å². The first-order valence-electron chi connectivity index (χ1n) is 9.08. The molecule has 1 aliphatic rings. The van der Waals surface area contributed by atoms with Crippen LogP contribution in [0, 0.1) is 0 Å². The van der Waals surface area contributed by atoms with Crippen molar-refractivity contribution in [1.82, 2.24) is 5.32 Å². The number of alkyl carbamates (subject to hydrolysis) is 1. The molecule has 0 bridgehead atoms. The van der Waals surface area contributed by atoms with E-state index in [1.54, 1.807) is 0 Å². The van der Waals surface area contributed by atoms with Crippen LogP contribution in [0.3, 0.4) is 0 Å². The second kappa shape index (κ2) is 9.36. The van der Waals surface area contributed by atoms with Gasteiger partial charge in [0.15, 0.2) is 0 Å². The van der Waals surface area contributed by atoms with Crippen LogP contribution in [0.15, 0.2) is 48.5 Å². The summed E-state index contributed by atoms with van der Waals surface area (Å²) < 4.78 is 10.8. The molecule has 2 aromatic rings. The van der Waals surface area contributed by atoms with Gasteiger partial charge in [0.25, 0.3) is 0 Å². The van der Waals surface area contributed by atoms with Crippen LogP contribution in [0.4, 0.5) is 4.79 Å². The Morgan fingerprint density at radius 2 is 1.58 bits per heavy atom. The lowest BCUT2D eigenvalue weighted by Gasteiger charge is -2.14. The van der Waals surface area contributed by atoms with Crippen molar-refractivity contribution < 1.29 is 19.4 Å². The average Bonchev–Trinajstić information content (AvgIpc) is 3.00. The fourth-order valence-electron chi connectivity index (χ4n) is 3.28. The van der Waals surface area contributed by atoms with Crippen molar-refractivity contribution in [3.8, 4) is 11.1 Å². The van der Waals surface area contributed by atoms with E-state index in [0.29, 0.717) is 32.8 Å². The normalized spacial score (nSPS) is 12.5. The SMILES string of the molecule is O=C(NCCCOCCCO)OCC1c2ccccc2-c2ccccc21. The molecule has 1 aliphatic carbocycles. The van der Waals surface area contributed by atoms with E-state index in [-0.39, 0.29) is 12.5 Å². The number of amides is 1. The Bertz CT molecular complexity index is 686. The molecule has 138 valence electrons. The summed E-state index contributed by atoms with van der Waals surface area (Å²) in [6.45, 7) is 2.08. The Hall–Kier alpha value is -2.37. The summed E-state index contributed by atoms with van der Waals surface area (Å²) in [7, 11) is 0. The van der Waals surface area contributed by atoms with E-state index in [1.807, 2.05) is 24.3 Å². The predicted molar refractivity (Wildman–Crippen MR) is 100 cm³/mol. The van der Waals surface area contributed by atoms with Crippen LogP contribution < -0.4 is 5.32 Å². The quantitative estimate of drug-likeness (QED) is 0.677. The number of nitrogens with one attached hydrogen (secondary N) is 1. The minimum Gasteiger partial charge on any atom is -0.449 e. The van der Waals surface area contributed by atoms with Gasteiger partial charge in [-0.3, -0.25) is 0 Å². The van der Waals surface area contributed by atoms with E-state index in [9.17, 15) is 4.79 Å². The van der Waals surface area contributed by atoms with E-state index in [2.05, 4.69) is 29.6 Å². The molecule has 0 heterocycles. The van der Waals surface area contributed by atoms with Crippen molar-refractivity contribution in [1.29, 1.82) is 0 Å². The molecular weight excluding hydrogens is 330 g/mol. The molecule has 0 aliphatic heterocycles. The number of hydrogen-bond donors (Lipinski definition) is 2. The molecule has 0 spiro atoms. The highest BCUT2D eigenvalue weighted by Gasteiger charge is 2.28. The summed E-state index contributed by atoms with van der Waals surface area (Å²) in [5, 5.41) is 11.4. The van der Waals surface area contributed by atoms with Crippen molar-refractivity contribution in [3.05, 3.63) is 59.7 Å². The second-order valence-corrected chi connectivity index (χ2v) is 6.30. The summed E-state index contributed by atoms with van der Waals surface area (Å²) in [6.07, 6.45) is 0.956. The number of aliphatic hydroxyl groups excluding tert-OH is 1. The Balaban J connectivity index is 1.47. The lowest BCUT2D eigenvalue weighted by Crippen LogP contribution is -2.27. The maximum Gasteiger partial charge on any atom is 0.407 e. The first-order valence-corrected chi connectivity index (χ1v) is 9.08. The van der Waals surface area contributed by atoms with Crippen LogP contribution in [0.5, 0.6) is 0 Å². The number of carbonyl (C=O) groups excluding carboxylic acids is 1. The highest BCUT2D eigenvalue weighted by Crippen LogP contribution is 2.44. The van der Waals surface area contributed by atoms with Crippen molar-refractivity contribution in [2.45, 2.75) is 18.8 Å². The maximum absolute atomic E-state index is 12.0. The van der Waals surface area contributed by atoms with Crippen molar-refractivity contribution in [2.24, 2.45) is 0 Å². The fourth-order valence-corrected chi connectivity index (χ4v) is 3.28. The highest BCUT2D eigenvalue weighted by atomic mass is 16.5. The second-order valence-electron chi connectivity index (χ2n) is 6.30. The minimum absolute atomic E-state index is 0.0787. The molecule has 26 heavy (non-hydrogen) atoms. The van der Waals surface area contributed by atoms with Crippen molar-refractivity contribution in [2.75, 3.05) is 33.0 Å². The highest BCUT2D eigenvalue weighted by molar-refractivity contribution is 5.79. The van der Waals surface area contributed by atoms with Gasteiger partial charge in [-0.2, -0.15) is 0 Å². The van der Waals surface area contributed by atoms with Crippen molar-refractivity contribution >= 4 is 6.09 Å². The van der Waals surface area contributed by atoms with Gasteiger partial charge in [0.05, 0.1) is 0 Å². The Labute approximate surface area is 153 Å². The van der Waals surface area contributed by atoms with Crippen LogP contribution in [-0.4, -0.2) is 44.2 Å². The first-order chi connectivity index (χ1) is 12.8. The largest absolute Gasteiger partial charge is 0.449 e. The number of hydrogen-bond acceptors (Lipinski definition) is 4. The Kier molecular flexibility index (Phi) is 6.63. The summed E-state index contributed by atoms with van der Waals surface area (Å²) in [5.74, 6) is 0.0787. The van der Waals surface area contributed by atoms with Gasteiger partial charge >= 0.3 is 6.09 Å². The number of ether oxygens (including phenoxy) is 2. The lowest BCUT2D eigenvalue weighted by molar-refractivity contribution is 0.112. The third kappa shape index (κ3) is 4.42. The van der Waals surface area contributed by atoms with E-state index < -0.39 is 6.09 Å². The Morgan fingerprint density at radius 1 is 0.962 bits per heavy atom. The number of aliphatic hydroxyl groups is 1. The molecule has 2 N–H and O–H groups in total. The fraction of sp³-hybridized carbons (Fsp3) is 0.381. The summed E-state index contributed by atoms with van der Waals surface area (Å²) in [6, 6.07) is 16.6. The molecule has 0 fully saturated rings. The number of fused-ring (bicyclic) bond motifs is 3. The van der Waals surface area contributed by atoms with Gasteiger partial charge < -0.3 is 19.9 Å². The van der Waals surface area contributed by atoms with Crippen molar-refractivity contribution in [3.63, 3.8) is 0 Å². The van der Waals surface area contributed by atoms with E-state index in [4.69, 9.17) is 14.6 Å². The maximum atomic E-state index is 12.0. The monoisotopic (exact) mass is 355 g/mol. The van der Waals surface area contributed by atoms with Gasteiger partial charge in [-0.25, -0.2) is 4.79 Å². The van der Waals surface area contributed by atoms with E-state index in [1.165, 1.54) is 22.3 Å². The third-order valence-electron chi connectivity index (χ3n) is 4.53. The van der Waals surface area contributed by atoms with Gasteiger partial charge in [-0.15, -0.1) is 0 Å². The molecule has 2 aromatic carbocycles. The number of rotatable bonds is 9. The summed E-state index contributed by atoms with van der Waals surface area (Å²) >= 11 is 0. The zero-order valence-electron chi connectivity index (χ0n) is 14.8. The van der Waals surface area contributed by atoms with Crippen LogP contribution in [0.2, 0.25) is 0 Å². The molecule has 0 unspecified atom stereocenters. The third-order valence-corrected chi connectivity index (χ3v) is 4.53. The smallest absolute Gasteiger partial charge is 0.407 e. The standard InChI is InChI=1S/C21H25NO4/c23-12-6-14-25-13-5-11-22-21(24)26-15-20-18-9-3-1-7-16(18)17-8-2-4-10-19(17)20/h1-4,7-10,20,23H,5-6,11-15H2,(H,22,24). The van der Waals surface area contributed by atoms with Crippen LogP contribution in [0.1, 0.15) is 29.9 Å². The van der Waals surface area contributed by atoms with E-state index >= 15 is 0 Å². The minimum atomic E-state index is -0.401. The molecule has 5 nitrogen and oxygen atoms in total. The number of carbonyl (C=O) groups is 1. The summed E-state index contributed by atoms with van der Waals surface area (Å²) in [4.78, 5) is 12.0. The lowest BCUT2D eigenvalue weighted by atomic mass is 9.98. The van der Waals surface area contributed by atoms with Gasteiger partial charge in [-0.05, 0) is 35.1 Å². The number of benzene rings is 2. The molecular formula is C21H25NO4. The molecule has 0 atom stereocenters. The molecule has 0 aromatic heterocycles. The zero-order valence-corrected chi connectivity index (χ0v) is 14.8. The first kappa shape index (κ1) is 18.4. The van der Waals surface area contributed by atoms with Gasteiger partial charge in [0, 0.05) is 32.3 Å². The van der Waals surface area contributed by atoms with Crippen LogP contribution in [-0.2, 0) is 9.47 Å². The average molecular weight is 355 g/mol. The molecule has 0 saturated heterocycles. The van der Waals surface area contributed by atoms with Gasteiger partial charge in [0.2, 0.25) is 0 Å². The van der Waals surface area contributed by atoms with Gasteiger partial charge in [-0.1, -0.05) is 48.5 Å². The zero-order chi connectivity index (χ0) is 18.2.